The van der Waals surface area contributed by atoms with Crippen LogP contribution in [0.5, 0.6) is 5.75 Å². The van der Waals surface area contributed by atoms with Gasteiger partial charge in [-0.3, -0.25) is 24.1 Å². The number of thiazole rings is 1. The number of ether oxygens (including phenoxy) is 1. The topological polar surface area (TPSA) is 146 Å². The van der Waals surface area contributed by atoms with E-state index in [4.69, 9.17) is 4.74 Å². The number of aromatic amines is 1. The van der Waals surface area contributed by atoms with Crippen molar-refractivity contribution in [1.82, 2.24) is 9.88 Å². The number of carboxylic acids is 1. The number of amides is 3. The molecule has 46 heavy (non-hydrogen) atoms. The van der Waals surface area contributed by atoms with Gasteiger partial charge < -0.3 is 20.1 Å². The average Bonchev–Trinajstić information content (AvgIpc) is 3.75. The third kappa shape index (κ3) is 5.15. The van der Waals surface area contributed by atoms with Crippen molar-refractivity contribution in [3.05, 3.63) is 74.2 Å². The van der Waals surface area contributed by atoms with Crippen molar-refractivity contribution in [3.8, 4) is 5.75 Å². The molecule has 7 unspecified atom stereocenters. The smallest absolute Gasteiger partial charge is 0.326 e. The first kappa shape index (κ1) is 30.7. The summed E-state index contributed by atoms with van der Waals surface area (Å²) in [6.07, 6.45) is 0.913. The van der Waals surface area contributed by atoms with Gasteiger partial charge in [0.2, 0.25) is 11.8 Å². The zero-order chi connectivity index (χ0) is 32.4. The lowest BCUT2D eigenvalue weighted by atomic mass is 9.68. The summed E-state index contributed by atoms with van der Waals surface area (Å²) < 4.78 is 5.91. The van der Waals surface area contributed by atoms with E-state index in [9.17, 15) is 29.1 Å². The molecule has 10 nitrogen and oxygen atoms in total. The van der Waals surface area contributed by atoms with Crippen LogP contribution < -0.4 is 14.9 Å². The summed E-state index contributed by atoms with van der Waals surface area (Å²) in [4.78, 5) is 70.1. The number of rotatable bonds is 9. The molecule has 12 heteroatoms. The van der Waals surface area contributed by atoms with Gasteiger partial charge >= 0.3 is 10.8 Å². The molecule has 7 rings (SSSR count). The summed E-state index contributed by atoms with van der Waals surface area (Å²) in [6.45, 7) is 5.56. The first-order valence-electron chi connectivity index (χ1n) is 15.6. The number of hydrogen-bond donors (Lipinski definition) is 3. The molecule has 2 aliphatic heterocycles. The number of imide groups is 1. The quantitative estimate of drug-likeness (QED) is 0.279. The van der Waals surface area contributed by atoms with Gasteiger partial charge in [-0.15, -0.1) is 11.8 Å². The normalized spacial score (nSPS) is 28.2. The molecular formula is C34H35N3O7S2. The summed E-state index contributed by atoms with van der Waals surface area (Å²) >= 11 is 2.74. The fourth-order valence-corrected chi connectivity index (χ4v) is 11.2. The highest BCUT2D eigenvalue weighted by atomic mass is 32.2. The number of carbonyl (C=O) groups is 4. The van der Waals surface area contributed by atoms with Crippen LogP contribution in [-0.2, 0) is 19.2 Å². The van der Waals surface area contributed by atoms with E-state index in [2.05, 4.69) is 10.3 Å². The number of hydrogen-bond acceptors (Lipinski definition) is 8. The number of thioether (sulfide) groups is 1. The maximum Gasteiger partial charge on any atom is 0.326 e. The second kappa shape index (κ2) is 11.7. The van der Waals surface area contributed by atoms with Crippen LogP contribution in [0.1, 0.15) is 48.6 Å². The van der Waals surface area contributed by atoms with Gasteiger partial charge in [-0.05, 0) is 73.3 Å². The number of carboxylic acid groups (broad SMARTS) is 1. The van der Waals surface area contributed by atoms with Crippen LogP contribution in [0.4, 0.5) is 5.69 Å². The van der Waals surface area contributed by atoms with Gasteiger partial charge in [0.15, 0.2) is 6.61 Å². The summed E-state index contributed by atoms with van der Waals surface area (Å²) in [5, 5.41) is 13.6. The number of carbonyl (C=O) groups excluding carboxylic acids is 3. The van der Waals surface area contributed by atoms with E-state index in [1.165, 1.54) is 0 Å². The molecule has 3 N–H and O–H groups in total. The molecule has 0 radical (unpaired) electrons. The van der Waals surface area contributed by atoms with Crippen LogP contribution >= 0.6 is 23.1 Å². The fraction of sp³-hybridized carbons (Fsp3) is 0.441. The molecule has 0 spiro atoms. The summed E-state index contributed by atoms with van der Waals surface area (Å²) in [5.41, 5.74) is 2.68. The van der Waals surface area contributed by atoms with E-state index in [-0.39, 0.29) is 70.5 Å². The van der Waals surface area contributed by atoms with Gasteiger partial charge in [0, 0.05) is 21.7 Å². The molecule has 1 saturated heterocycles. The van der Waals surface area contributed by atoms with Gasteiger partial charge in [0.05, 0.1) is 16.9 Å². The molecule has 2 aromatic carbocycles. The molecule has 3 fully saturated rings. The fourth-order valence-electron chi connectivity index (χ4n) is 8.26. The van der Waals surface area contributed by atoms with Crippen LogP contribution in [0.2, 0.25) is 0 Å². The number of H-pyrrole nitrogens is 1. The molecule has 2 aliphatic carbocycles. The highest BCUT2D eigenvalue weighted by Crippen LogP contribution is 2.68. The lowest BCUT2D eigenvalue weighted by molar-refractivity contribution is -0.156. The highest BCUT2D eigenvalue weighted by molar-refractivity contribution is 8.00. The van der Waals surface area contributed by atoms with Crippen molar-refractivity contribution in [2.75, 3.05) is 11.9 Å². The Morgan fingerprint density at radius 3 is 2.48 bits per heavy atom. The SMILES string of the molecule is Cc1ccc(NC(=O)COc2cccc([C@H]3c4sc(=O)[nH]c4SC4C5CC(C6C(=O)N(C(CC(C)C)C(=O)O)C(=O)C56)C43)c2)cc1. The molecule has 2 bridgehead atoms. The standard InChI is InChI=1S/C34H35N3O7S2/c1-15(2)11-22(33(41)42)37-31(39)26-20-13-21(27(26)32(37)40)28-25(20)24(29-30(45-28)36-34(43)46-29)17-5-4-6-19(12-17)44-14-23(38)35-18-9-7-16(3)8-10-18/h4-10,12,15,20-22,24-28H,11,13-14H2,1-3H3,(H,35,38)(H,36,43)(H,41,42)/t20?,21?,22?,24-,25?,26?,27?,28?/m1/s1. The molecular weight excluding hydrogens is 627 g/mol. The Morgan fingerprint density at radius 1 is 1.07 bits per heavy atom. The number of benzene rings is 2. The molecule has 3 amide bonds. The molecule has 1 aromatic heterocycles. The summed E-state index contributed by atoms with van der Waals surface area (Å²) in [7, 11) is 0. The zero-order valence-electron chi connectivity index (χ0n) is 25.6. The predicted molar refractivity (Wildman–Crippen MR) is 173 cm³/mol. The lowest BCUT2D eigenvalue weighted by Crippen LogP contribution is -2.47. The molecule has 2 saturated carbocycles. The first-order valence-corrected chi connectivity index (χ1v) is 17.3. The Morgan fingerprint density at radius 2 is 1.78 bits per heavy atom. The Kier molecular flexibility index (Phi) is 7.83. The van der Waals surface area contributed by atoms with Crippen LogP contribution in [0, 0.1) is 42.4 Å². The largest absolute Gasteiger partial charge is 0.484 e. The Bertz CT molecular complexity index is 1780. The number of likely N-dealkylation sites (tertiary alicyclic amines) is 1. The molecule has 240 valence electrons. The van der Waals surface area contributed by atoms with Crippen molar-refractivity contribution < 1.29 is 29.0 Å². The zero-order valence-corrected chi connectivity index (χ0v) is 27.2. The van der Waals surface area contributed by atoms with Crippen molar-refractivity contribution in [2.24, 2.45) is 35.5 Å². The minimum atomic E-state index is -1.18. The molecule has 4 aliphatic rings. The third-order valence-corrected chi connectivity index (χ3v) is 12.6. The Balaban J connectivity index is 1.17. The number of nitrogens with zero attached hydrogens (tertiary/aromatic N) is 1. The Hall–Kier alpha value is -3.90. The van der Waals surface area contributed by atoms with Crippen molar-refractivity contribution in [1.29, 1.82) is 0 Å². The first-order chi connectivity index (χ1) is 22.0. The minimum Gasteiger partial charge on any atom is -0.484 e. The van der Waals surface area contributed by atoms with Crippen LogP contribution in [0.3, 0.4) is 0 Å². The van der Waals surface area contributed by atoms with Crippen LogP contribution in [-0.4, -0.2) is 56.6 Å². The maximum atomic E-state index is 14.0. The van der Waals surface area contributed by atoms with Crippen molar-refractivity contribution in [2.45, 2.75) is 55.8 Å². The van der Waals surface area contributed by atoms with E-state index < -0.39 is 23.8 Å². The van der Waals surface area contributed by atoms with Crippen molar-refractivity contribution in [3.63, 3.8) is 0 Å². The minimum absolute atomic E-state index is 0.00244. The summed E-state index contributed by atoms with van der Waals surface area (Å²) in [6, 6.07) is 13.8. The number of aromatic nitrogens is 1. The van der Waals surface area contributed by atoms with E-state index in [0.717, 1.165) is 37.3 Å². The predicted octanol–water partition coefficient (Wildman–Crippen LogP) is 4.73. The van der Waals surface area contributed by atoms with E-state index >= 15 is 0 Å². The van der Waals surface area contributed by atoms with Gasteiger partial charge in [0.1, 0.15) is 11.8 Å². The highest BCUT2D eigenvalue weighted by Gasteiger charge is 2.70. The Labute approximate surface area is 273 Å². The third-order valence-electron chi connectivity index (χ3n) is 9.97. The van der Waals surface area contributed by atoms with E-state index in [1.54, 1.807) is 17.8 Å². The molecule has 8 atom stereocenters. The molecule has 3 heterocycles. The van der Waals surface area contributed by atoms with Crippen LogP contribution in [0.15, 0.2) is 58.4 Å². The summed E-state index contributed by atoms with van der Waals surface area (Å²) in [5.74, 6) is -3.31. The number of fused-ring (bicyclic) bond motifs is 9. The number of aliphatic carboxylic acids is 1. The number of nitrogens with one attached hydrogen (secondary N) is 2. The van der Waals surface area contributed by atoms with Crippen LogP contribution in [0.25, 0.3) is 0 Å². The number of anilines is 1. The molecule has 3 aromatic rings. The number of aryl methyl sites for hydroxylation is 1. The van der Waals surface area contributed by atoms with Gasteiger partial charge in [-0.1, -0.05) is 55.0 Å². The average molecular weight is 662 g/mol. The lowest BCUT2D eigenvalue weighted by Gasteiger charge is -2.43. The van der Waals surface area contributed by atoms with E-state index in [1.807, 2.05) is 63.2 Å². The van der Waals surface area contributed by atoms with E-state index in [0.29, 0.717) is 17.9 Å². The van der Waals surface area contributed by atoms with Gasteiger partial charge in [-0.25, -0.2) is 4.79 Å². The van der Waals surface area contributed by atoms with Gasteiger partial charge in [-0.2, -0.15) is 0 Å². The second-order valence-corrected chi connectivity index (χ2v) is 15.5. The second-order valence-electron chi connectivity index (χ2n) is 13.3. The van der Waals surface area contributed by atoms with Crippen molar-refractivity contribution >= 4 is 52.5 Å². The van der Waals surface area contributed by atoms with Gasteiger partial charge in [0.25, 0.3) is 5.91 Å². The maximum absolute atomic E-state index is 14.0. The monoisotopic (exact) mass is 661 g/mol.